The van der Waals surface area contributed by atoms with Gasteiger partial charge in [-0.1, -0.05) is 19.9 Å². The van der Waals surface area contributed by atoms with Crippen LogP contribution < -0.4 is 28.4 Å². The van der Waals surface area contributed by atoms with Crippen molar-refractivity contribution in [3.8, 4) is 34.5 Å². The molecule has 3 rings (SSSR count). The van der Waals surface area contributed by atoms with Crippen molar-refractivity contribution in [2.75, 3.05) is 42.7 Å². The highest BCUT2D eigenvalue weighted by Gasteiger charge is 2.32. The van der Waals surface area contributed by atoms with Gasteiger partial charge in [-0.2, -0.15) is 0 Å². The van der Waals surface area contributed by atoms with Crippen LogP contribution in [0.3, 0.4) is 0 Å². The number of hydrogen-bond acceptors (Lipinski definition) is 6. The third kappa shape index (κ3) is 4.23. The zero-order valence-corrected chi connectivity index (χ0v) is 20.5. The molecule has 6 nitrogen and oxygen atoms in total. The number of methoxy groups -OCH3 is 6. The van der Waals surface area contributed by atoms with E-state index < -0.39 is 9.24 Å². The molecule has 0 N–H and O–H groups in total. The minimum atomic E-state index is -2.28. The molecule has 0 radical (unpaired) electrons. The Balaban J connectivity index is 2.32. The van der Waals surface area contributed by atoms with Crippen molar-refractivity contribution in [1.82, 2.24) is 0 Å². The van der Waals surface area contributed by atoms with Gasteiger partial charge in [0.05, 0.1) is 42.7 Å². The fraction of sp³-hybridized carbons (Fsp3) is 0.250. The summed E-state index contributed by atoms with van der Waals surface area (Å²) in [5.74, 6) is 3.62. The zero-order valence-electron chi connectivity index (χ0n) is 18.9. The van der Waals surface area contributed by atoms with Crippen LogP contribution in [0.4, 0.5) is 0 Å². The molecule has 0 heterocycles. The standard InChI is InChI=1S/C24H27ClO6S/c1-26-19-10-7-16(13-22(19)29-4)32(25,17-8-11-20(27-2)23(14-17)30-5)18-9-12-21(28-3)24(15-18)31-6/h7-15H,1-6H3. The van der Waals surface area contributed by atoms with Gasteiger partial charge in [0.2, 0.25) is 0 Å². The van der Waals surface area contributed by atoms with Crippen LogP contribution in [0.15, 0.2) is 69.3 Å². The SMILES string of the molecule is COc1ccc(S(Cl)(c2ccc(OC)c(OC)c2)c2ccc(OC)c(OC)c2)cc1OC. The lowest BCUT2D eigenvalue weighted by Crippen LogP contribution is -2.01. The van der Waals surface area contributed by atoms with Gasteiger partial charge in [-0.05, 0) is 54.6 Å². The minimum absolute atomic E-state index is 0.587. The van der Waals surface area contributed by atoms with Gasteiger partial charge in [0.15, 0.2) is 34.5 Å². The van der Waals surface area contributed by atoms with Gasteiger partial charge in [-0.3, -0.25) is 0 Å². The maximum absolute atomic E-state index is 7.58. The van der Waals surface area contributed by atoms with Crippen LogP contribution >= 0.6 is 19.9 Å². The molecule has 0 amide bonds. The summed E-state index contributed by atoms with van der Waals surface area (Å²) in [5.41, 5.74) is 0. The van der Waals surface area contributed by atoms with E-state index >= 15 is 0 Å². The second-order valence-corrected chi connectivity index (χ2v) is 10.5. The molecule has 0 bridgehead atoms. The summed E-state index contributed by atoms with van der Waals surface area (Å²) in [6.45, 7) is 0. The van der Waals surface area contributed by atoms with Crippen LogP contribution in [0.1, 0.15) is 0 Å². The van der Waals surface area contributed by atoms with Crippen molar-refractivity contribution < 1.29 is 28.4 Å². The molecule has 0 aromatic heterocycles. The predicted molar refractivity (Wildman–Crippen MR) is 127 cm³/mol. The fourth-order valence-corrected chi connectivity index (χ4v) is 6.64. The Morgan fingerprint density at radius 2 is 0.688 bits per heavy atom. The Hall–Kier alpha value is -2.90. The van der Waals surface area contributed by atoms with Crippen LogP contribution in [0.2, 0.25) is 0 Å². The predicted octanol–water partition coefficient (Wildman–Crippen LogP) is 6.17. The zero-order chi connectivity index (χ0) is 23.3. The maximum Gasteiger partial charge on any atom is 0.161 e. The summed E-state index contributed by atoms with van der Waals surface area (Å²) in [4.78, 5) is 2.57. The molecule has 0 saturated carbocycles. The third-order valence-corrected chi connectivity index (χ3v) is 9.35. The smallest absolute Gasteiger partial charge is 0.161 e. The summed E-state index contributed by atoms with van der Waals surface area (Å²) < 4.78 is 32.9. The molecule has 32 heavy (non-hydrogen) atoms. The lowest BCUT2D eigenvalue weighted by atomic mass is 10.3. The van der Waals surface area contributed by atoms with Gasteiger partial charge in [-0.15, -0.1) is 0 Å². The molecule has 8 heteroatoms. The van der Waals surface area contributed by atoms with Crippen LogP contribution in [0, 0.1) is 0 Å². The van der Waals surface area contributed by atoms with E-state index in [1.165, 1.54) is 0 Å². The average Bonchev–Trinajstić information content (AvgIpc) is 2.86. The summed E-state index contributed by atoms with van der Waals surface area (Å²) in [6, 6.07) is 17.1. The topological polar surface area (TPSA) is 55.4 Å². The highest BCUT2D eigenvalue weighted by Crippen LogP contribution is 2.73. The monoisotopic (exact) mass is 478 g/mol. The third-order valence-electron chi connectivity index (χ3n) is 5.04. The second-order valence-electron chi connectivity index (χ2n) is 6.59. The summed E-state index contributed by atoms with van der Waals surface area (Å²) in [7, 11) is 14.9. The van der Waals surface area contributed by atoms with Gasteiger partial charge >= 0.3 is 0 Å². The van der Waals surface area contributed by atoms with Crippen LogP contribution in [0.25, 0.3) is 0 Å². The van der Waals surface area contributed by atoms with E-state index in [9.17, 15) is 0 Å². The molecule has 172 valence electrons. The molecule has 0 aliphatic rings. The first-order valence-corrected chi connectivity index (χ1v) is 12.1. The number of rotatable bonds is 9. The molecular weight excluding hydrogens is 452 g/mol. The quantitative estimate of drug-likeness (QED) is 0.366. The molecule has 0 unspecified atom stereocenters. The van der Waals surface area contributed by atoms with Crippen molar-refractivity contribution in [2.24, 2.45) is 0 Å². The van der Waals surface area contributed by atoms with E-state index in [4.69, 9.17) is 39.1 Å². The molecule has 0 atom stereocenters. The fourth-order valence-electron chi connectivity index (χ4n) is 3.38. The van der Waals surface area contributed by atoms with E-state index in [0.717, 1.165) is 14.7 Å². The number of hydrogen-bond donors (Lipinski definition) is 0. The van der Waals surface area contributed by atoms with E-state index in [2.05, 4.69) is 0 Å². The molecule has 0 aliphatic carbocycles. The Labute approximate surface area is 194 Å². The first-order chi connectivity index (χ1) is 15.5. The molecule has 3 aromatic carbocycles. The van der Waals surface area contributed by atoms with Crippen molar-refractivity contribution in [2.45, 2.75) is 14.7 Å². The molecule has 0 aliphatic heterocycles. The molecular formula is C24H27ClO6S. The average molecular weight is 479 g/mol. The Morgan fingerprint density at radius 3 is 0.906 bits per heavy atom. The largest absolute Gasteiger partial charge is 0.493 e. The van der Waals surface area contributed by atoms with E-state index in [1.54, 1.807) is 42.7 Å². The minimum Gasteiger partial charge on any atom is -0.493 e. The van der Waals surface area contributed by atoms with Gasteiger partial charge in [0.1, 0.15) is 0 Å². The van der Waals surface area contributed by atoms with Crippen molar-refractivity contribution >= 4 is 19.9 Å². The molecule has 0 fully saturated rings. The van der Waals surface area contributed by atoms with E-state index in [-0.39, 0.29) is 0 Å². The maximum atomic E-state index is 7.58. The highest BCUT2D eigenvalue weighted by molar-refractivity contribution is 8.51. The Morgan fingerprint density at radius 1 is 0.438 bits per heavy atom. The van der Waals surface area contributed by atoms with Crippen molar-refractivity contribution in [1.29, 1.82) is 0 Å². The summed E-state index contributed by atoms with van der Waals surface area (Å²) in [5, 5.41) is 0. The lowest BCUT2D eigenvalue weighted by Gasteiger charge is -2.35. The van der Waals surface area contributed by atoms with Crippen molar-refractivity contribution in [3.63, 3.8) is 0 Å². The van der Waals surface area contributed by atoms with Gasteiger partial charge in [0, 0.05) is 14.7 Å². The van der Waals surface area contributed by atoms with Gasteiger partial charge in [0.25, 0.3) is 0 Å². The van der Waals surface area contributed by atoms with Crippen molar-refractivity contribution in [3.05, 3.63) is 54.6 Å². The van der Waals surface area contributed by atoms with Gasteiger partial charge in [-0.25, -0.2) is 0 Å². The first-order valence-electron chi connectivity index (χ1n) is 9.66. The number of benzene rings is 3. The van der Waals surface area contributed by atoms with Crippen LogP contribution in [-0.2, 0) is 0 Å². The molecule has 3 aromatic rings. The van der Waals surface area contributed by atoms with Crippen LogP contribution in [-0.4, -0.2) is 42.7 Å². The molecule has 0 spiro atoms. The second kappa shape index (κ2) is 10.1. The number of ether oxygens (including phenoxy) is 6. The number of halogens is 1. The first kappa shape index (κ1) is 23.8. The Bertz CT molecular complexity index is 953. The van der Waals surface area contributed by atoms with E-state index in [1.807, 2.05) is 54.6 Å². The highest BCUT2D eigenvalue weighted by atomic mass is 35.7. The summed E-state index contributed by atoms with van der Waals surface area (Å²) in [6.07, 6.45) is 0. The van der Waals surface area contributed by atoms with E-state index in [0.29, 0.717) is 34.5 Å². The molecule has 0 saturated heterocycles. The van der Waals surface area contributed by atoms with Crippen LogP contribution in [0.5, 0.6) is 34.5 Å². The Kier molecular flexibility index (Phi) is 7.53. The van der Waals surface area contributed by atoms with Gasteiger partial charge < -0.3 is 28.4 Å². The lowest BCUT2D eigenvalue weighted by molar-refractivity contribution is 0.353. The summed E-state index contributed by atoms with van der Waals surface area (Å²) >= 11 is 0. The normalized spacial score (nSPS) is 11.5.